The van der Waals surface area contributed by atoms with Gasteiger partial charge in [0.2, 0.25) is 20.0 Å². The van der Waals surface area contributed by atoms with Crippen LogP contribution in [0.25, 0.3) is 22.5 Å². The summed E-state index contributed by atoms with van der Waals surface area (Å²) in [4.78, 5) is 28.5. The molecule has 0 fully saturated rings. The van der Waals surface area contributed by atoms with E-state index in [0.29, 0.717) is 58.5 Å². The zero-order valence-corrected chi connectivity index (χ0v) is 43.7. The Labute approximate surface area is 440 Å². The molecule has 0 aliphatic carbocycles. The van der Waals surface area contributed by atoms with Crippen LogP contribution in [0.5, 0.6) is 0 Å². The van der Waals surface area contributed by atoms with Gasteiger partial charge in [0, 0.05) is 73.8 Å². The first-order valence-electron chi connectivity index (χ1n) is 20.8. The molecule has 18 nitrogen and oxygen atoms in total. The van der Waals surface area contributed by atoms with Gasteiger partial charge >= 0.3 is 41.0 Å². The SMILES string of the molecule is CCl.CNS(=O)(=O)c1ccc(CCc2ccc(C(F)(F)F)nc2)c(-c2cn(C)cn2)c1.CNS(=O)(=O)c1ccc(N)c(-c2cn(C)cn2)c1.O=Cc1ccc(C(F)(F)F)nc1.OCc1ccc(C(F)(F)F)nc1.[O]=[Mn]=[O]. The number of anilines is 1. The number of aldehydes is 1. The third-order valence-electron chi connectivity index (χ3n) is 9.53. The van der Waals surface area contributed by atoms with Gasteiger partial charge in [-0.3, -0.25) is 19.7 Å². The third kappa shape index (κ3) is 20.5. The van der Waals surface area contributed by atoms with Crippen LogP contribution in [0.4, 0.5) is 45.2 Å². The number of pyridine rings is 3. The Morgan fingerprint density at radius 2 is 1.03 bits per heavy atom. The van der Waals surface area contributed by atoms with Crippen molar-refractivity contribution >= 4 is 43.6 Å². The van der Waals surface area contributed by atoms with Crippen LogP contribution < -0.4 is 15.2 Å². The van der Waals surface area contributed by atoms with Gasteiger partial charge in [-0.1, -0.05) is 18.2 Å². The van der Waals surface area contributed by atoms with Crippen LogP contribution in [0, 0.1) is 0 Å². The quantitative estimate of drug-likeness (QED) is 0.0316. The molecule has 5 heterocycles. The molecule has 5 aromatic heterocycles. The molecule has 0 bridgehead atoms. The van der Waals surface area contributed by atoms with Crippen LogP contribution in [0.2, 0.25) is 0 Å². The van der Waals surface area contributed by atoms with Gasteiger partial charge in [-0.2, -0.15) is 39.5 Å². The number of sulfonamides is 2. The van der Waals surface area contributed by atoms with E-state index in [4.69, 9.17) is 18.5 Å². The van der Waals surface area contributed by atoms with Gasteiger partial charge in [0.15, 0.2) is 6.29 Å². The van der Waals surface area contributed by atoms with Crippen molar-refractivity contribution in [3.63, 3.8) is 0 Å². The molecule has 7 aromatic rings. The number of carbonyl (C=O) groups excluding carboxylic acids is 1. The second-order valence-electron chi connectivity index (χ2n) is 14.7. The Bertz CT molecular complexity index is 3220. The van der Waals surface area contributed by atoms with Gasteiger partial charge < -0.3 is 20.0 Å². The first-order valence-corrected chi connectivity index (χ1v) is 25.5. The van der Waals surface area contributed by atoms with E-state index in [0.717, 1.165) is 42.2 Å². The van der Waals surface area contributed by atoms with E-state index in [1.54, 1.807) is 59.4 Å². The van der Waals surface area contributed by atoms with Crippen molar-refractivity contribution in [3.8, 4) is 22.5 Å². The molecule has 0 atom stereocenters. The van der Waals surface area contributed by atoms with Crippen molar-refractivity contribution in [3.05, 3.63) is 156 Å². The minimum atomic E-state index is -4.47. The first-order chi connectivity index (χ1) is 35.5. The number of benzene rings is 2. The molecule has 0 saturated carbocycles. The number of aryl methyl sites for hydroxylation is 4. The number of carbonyl (C=O) groups is 1. The molecule has 76 heavy (non-hydrogen) atoms. The number of halogens is 10. The standard InChI is InChI=1S/C19H19F3N4O2S.C11H14N4O2S.C7H6F3NO.C7H4F3NO.CH3Cl.Mn.2O/c1-23-29(27,28)15-7-6-14(16(9-15)17-11-26(2)12-25-17)5-3-13-4-8-18(24-10-13)19(20,21)22;1-13-18(16,17)8-3-4-10(12)9(5-8)11-6-15(2)7-14-11;2*8-7(9,10)6-2-1-5(4-12)3-11-6;1-2;;;/h4,6-12,23H,3,5H2,1-2H3;3-7,13H,12H2,1-2H3;1-3,12H,4H2;1-4H;1H3;;;. The fourth-order valence-corrected chi connectivity index (χ4v) is 7.30. The van der Waals surface area contributed by atoms with Crippen LogP contribution in [0.3, 0.4) is 0 Å². The molecular weight excluding hydrogens is 1130 g/mol. The summed E-state index contributed by atoms with van der Waals surface area (Å²) in [5, 5.41) is 8.51. The van der Waals surface area contributed by atoms with Crippen molar-refractivity contribution in [2.45, 2.75) is 47.8 Å². The number of imidazole rings is 2. The van der Waals surface area contributed by atoms with E-state index < -0.39 is 70.5 Å². The molecule has 0 amide bonds. The molecule has 0 aliphatic heterocycles. The van der Waals surface area contributed by atoms with Gasteiger partial charge in [0.25, 0.3) is 0 Å². The van der Waals surface area contributed by atoms with Gasteiger partial charge in [0.05, 0.1) is 40.4 Å². The summed E-state index contributed by atoms with van der Waals surface area (Å²) in [5.74, 6) is 0. The van der Waals surface area contributed by atoms with Crippen LogP contribution in [0.15, 0.2) is 126 Å². The number of aromatic nitrogens is 7. The number of nitrogens with one attached hydrogen (secondary N) is 2. The zero-order valence-electron chi connectivity index (χ0n) is 40.2. The number of aliphatic hydroxyl groups excluding tert-OH is 1. The molecule has 0 unspecified atom stereocenters. The molecule has 0 saturated heterocycles. The van der Waals surface area contributed by atoms with E-state index >= 15 is 0 Å². The second kappa shape index (κ2) is 29.6. The maximum atomic E-state index is 12.7. The normalized spacial score (nSPS) is 11.3. The number of nitrogens with zero attached hydrogens (tertiary/aromatic N) is 7. The predicted molar refractivity (Wildman–Crippen MR) is 254 cm³/mol. The molecule has 5 N–H and O–H groups in total. The van der Waals surface area contributed by atoms with Crippen LogP contribution in [-0.4, -0.2) is 82.8 Å². The molecule has 2 aromatic carbocycles. The Morgan fingerprint density at radius 3 is 1.38 bits per heavy atom. The van der Waals surface area contributed by atoms with E-state index in [-0.39, 0.29) is 22.0 Å². The maximum absolute atomic E-state index is 12.7. The van der Waals surface area contributed by atoms with Crippen LogP contribution in [0.1, 0.15) is 44.1 Å². The molecule has 31 heteroatoms. The molecule has 0 spiro atoms. The average molecular weight is 1180 g/mol. The van der Waals surface area contributed by atoms with Crippen molar-refractivity contribution in [1.82, 2.24) is 43.5 Å². The fourth-order valence-electron chi connectivity index (χ4n) is 5.79. The summed E-state index contributed by atoms with van der Waals surface area (Å²) in [6.07, 6.45) is -0.590. The Morgan fingerprint density at radius 1 is 0.618 bits per heavy atom. The Balaban J connectivity index is 0.000000360. The number of hydrogen-bond donors (Lipinski definition) is 4. The summed E-state index contributed by atoms with van der Waals surface area (Å²) >= 11 is 3.20. The van der Waals surface area contributed by atoms with Crippen LogP contribution in [-0.2, 0) is 94.6 Å². The number of nitrogen functional groups attached to an aromatic ring is 1. The summed E-state index contributed by atoms with van der Waals surface area (Å²) in [5.41, 5.74) is 7.96. The zero-order chi connectivity index (χ0) is 57.7. The molecule has 7 rings (SSSR count). The monoisotopic (exact) mass is 1180 g/mol. The first kappa shape index (κ1) is 65.5. The second-order valence-corrected chi connectivity index (χ2v) is 18.7. The Kier molecular flexibility index (Phi) is 25.5. The van der Waals surface area contributed by atoms with Crippen molar-refractivity contribution < 1.29 is 88.7 Å². The third-order valence-corrected chi connectivity index (χ3v) is 12.4. The van der Waals surface area contributed by atoms with Crippen LogP contribution >= 0.6 is 11.6 Å². The van der Waals surface area contributed by atoms with Gasteiger partial charge in [-0.05, 0) is 98.2 Å². The van der Waals surface area contributed by atoms with E-state index in [9.17, 15) is 61.1 Å². The molecular formula is C45H46ClF9MnN10O8S2. The Hall–Kier alpha value is -6.66. The number of rotatable bonds is 11. The van der Waals surface area contributed by atoms with Gasteiger partial charge in [-0.25, -0.2) is 36.2 Å². The predicted octanol–water partition coefficient (Wildman–Crippen LogP) is 7.89. The summed E-state index contributed by atoms with van der Waals surface area (Å²) in [7, 11) is -0.765. The molecule has 413 valence electrons. The molecule has 0 radical (unpaired) electrons. The summed E-state index contributed by atoms with van der Waals surface area (Å²) < 4.78 is 182. The number of alkyl halides is 10. The fraction of sp³-hybridized carbons (Fsp3) is 0.244. The van der Waals surface area contributed by atoms with Crippen molar-refractivity contribution in [2.24, 2.45) is 14.1 Å². The van der Waals surface area contributed by atoms with E-state index in [2.05, 4.69) is 46.0 Å². The van der Waals surface area contributed by atoms with Crippen molar-refractivity contribution in [2.75, 3.05) is 26.2 Å². The average Bonchev–Trinajstić information content (AvgIpc) is 4.04. The van der Waals surface area contributed by atoms with Gasteiger partial charge in [0.1, 0.15) is 17.1 Å². The number of nitrogens with two attached hydrogens (primary N) is 1. The topological polar surface area (TPSA) is 264 Å². The number of aliphatic hydroxyl groups is 1. The molecule has 0 aliphatic rings. The van der Waals surface area contributed by atoms with Crippen molar-refractivity contribution in [1.29, 1.82) is 0 Å². The summed E-state index contributed by atoms with van der Waals surface area (Å²) in [6, 6.07) is 15.5. The van der Waals surface area contributed by atoms with E-state index in [1.807, 2.05) is 7.05 Å². The van der Waals surface area contributed by atoms with Gasteiger partial charge in [-0.15, -0.1) is 11.6 Å². The minimum absolute atomic E-state index is 0.112. The summed E-state index contributed by atoms with van der Waals surface area (Å²) in [6.45, 7) is -0.300. The number of hydrogen-bond acceptors (Lipinski definition) is 14. The van der Waals surface area contributed by atoms with E-state index in [1.165, 1.54) is 57.0 Å².